The van der Waals surface area contributed by atoms with E-state index in [1.807, 2.05) is 19.9 Å². The zero-order chi connectivity index (χ0) is 36.7. The number of sulfonamides is 1. The molecule has 14 nitrogen and oxygen atoms in total. The van der Waals surface area contributed by atoms with Gasteiger partial charge in [0, 0.05) is 18.0 Å². The van der Waals surface area contributed by atoms with Crippen LogP contribution in [0.1, 0.15) is 78.4 Å². The summed E-state index contributed by atoms with van der Waals surface area (Å²) in [5, 5.41) is 7.40. The van der Waals surface area contributed by atoms with Crippen LogP contribution in [0.4, 0.5) is 15.3 Å². The number of aryl methyl sites for hydroxylation is 1. The van der Waals surface area contributed by atoms with Crippen molar-refractivity contribution in [2.24, 2.45) is 11.3 Å². The molecule has 3 aliphatic rings. The van der Waals surface area contributed by atoms with Gasteiger partial charge in [-0.3, -0.25) is 24.4 Å². The van der Waals surface area contributed by atoms with Gasteiger partial charge in [0.2, 0.25) is 21.8 Å². The fourth-order valence-electron chi connectivity index (χ4n) is 5.81. The van der Waals surface area contributed by atoms with Crippen LogP contribution < -0.4 is 20.7 Å². The fourth-order valence-corrected chi connectivity index (χ4v) is 7.18. The van der Waals surface area contributed by atoms with Crippen LogP contribution in [-0.4, -0.2) is 84.3 Å². The third-order valence-corrected chi connectivity index (χ3v) is 10.8. The Kier molecular flexibility index (Phi) is 10.5. The highest BCUT2D eigenvalue weighted by Crippen LogP contribution is 2.45. The summed E-state index contributed by atoms with van der Waals surface area (Å²) in [6.07, 6.45) is -0.238. The summed E-state index contributed by atoms with van der Waals surface area (Å²) in [6.45, 7) is 17.5. The molecule has 5 atom stereocenters. The van der Waals surface area contributed by atoms with E-state index in [0.29, 0.717) is 18.5 Å². The highest BCUT2D eigenvalue weighted by Gasteiger charge is 2.62. The van der Waals surface area contributed by atoms with Crippen molar-refractivity contribution in [3.8, 4) is 0 Å². The number of amides is 5. The van der Waals surface area contributed by atoms with Crippen LogP contribution in [0.15, 0.2) is 30.9 Å². The maximum Gasteiger partial charge on any atom is 0.411 e. The Morgan fingerprint density at radius 3 is 2.24 bits per heavy atom. The Bertz CT molecular complexity index is 1630. The van der Waals surface area contributed by atoms with Crippen LogP contribution in [0.3, 0.4) is 0 Å². The number of anilines is 1. The molecule has 15 heteroatoms. The third kappa shape index (κ3) is 8.91. The minimum atomic E-state index is -3.91. The predicted octanol–water partition coefficient (Wildman–Crippen LogP) is 3.43. The fraction of sp³-hybridized carbons (Fsp3) is 0.618. The Morgan fingerprint density at radius 2 is 1.69 bits per heavy atom. The molecule has 0 radical (unpaired) electrons. The van der Waals surface area contributed by atoms with E-state index in [4.69, 9.17) is 9.47 Å². The number of hydrogen-bond acceptors (Lipinski definition) is 9. The van der Waals surface area contributed by atoms with Crippen molar-refractivity contribution in [3.05, 3.63) is 42.0 Å². The van der Waals surface area contributed by atoms with E-state index in [1.54, 1.807) is 53.7 Å². The first-order valence-corrected chi connectivity index (χ1v) is 18.0. The van der Waals surface area contributed by atoms with Crippen LogP contribution >= 0.6 is 0 Å². The Hall–Kier alpha value is -4.14. The summed E-state index contributed by atoms with van der Waals surface area (Å²) in [6, 6.07) is 3.00. The highest BCUT2D eigenvalue weighted by atomic mass is 32.2. The van der Waals surface area contributed by atoms with E-state index < -0.39 is 85.8 Å². The molecule has 2 saturated carbocycles. The van der Waals surface area contributed by atoms with Crippen molar-refractivity contribution >= 4 is 45.6 Å². The van der Waals surface area contributed by atoms with Crippen molar-refractivity contribution in [2.45, 2.75) is 116 Å². The second kappa shape index (κ2) is 13.6. The number of alkyl carbamates (subject to hydrolysis) is 1. The van der Waals surface area contributed by atoms with Crippen molar-refractivity contribution < 1.29 is 41.9 Å². The lowest BCUT2D eigenvalue weighted by Gasteiger charge is -2.36. The van der Waals surface area contributed by atoms with Gasteiger partial charge in [-0.2, -0.15) is 0 Å². The molecule has 0 spiro atoms. The summed E-state index contributed by atoms with van der Waals surface area (Å²) in [5.74, 6) is -2.82. The molecule has 5 amide bonds. The zero-order valence-corrected chi connectivity index (χ0v) is 30.3. The summed E-state index contributed by atoms with van der Waals surface area (Å²) >= 11 is 0. The molecular weight excluding hydrogens is 654 g/mol. The molecule has 4 rings (SSSR count). The molecule has 1 aromatic carbocycles. The first-order chi connectivity index (χ1) is 22.6. The number of nitrogens with one attached hydrogen (secondary N) is 4. The highest BCUT2D eigenvalue weighted by molar-refractivity contribution is 7.91. The Balaban J connectivity index is 1.59. The number of benzene rings is 1. The van der Waals surface area contributed by atoms with Gasteiger partial charge in [0.15, 0.2) is 0 Å². The van der Waals surface area contributed by atoms with E-state index in [2.05, 4.69) is 27.3 Å². The molecule has 5 unspecified atom stereocenters. The monoisotopic (exact) mass is 703 g/mol. The molecule has 270 valence electrons. The Labute approximate surface area is 288 Å². The normalized spacial score (nSPS) is 24.2. The number of carbonyl (C=O) groups is 5. The molecule has 1 aliphatic heterocycles. The maximum absolute atomic E-state index is 14.3. The molecule has 1 heterocycles. The quantitative estimate of drug-likeness (QED) is 0.265. The Morgan fingerprint density at radius 1 is 1.04 bits per heavy atom. The lowest BCUT2D eigenvalue weighted by Crippen LogP contribution is -2.60. The van der Waals surface area contributed by atoms with E-state index >= 15 is 0 Å². The maximum atomic E-state index is 14.3. The van der Waals surface area contributed by atoms with Crippen LogP contribution in [0.2, 0.25) is 0 Å². The molecule has 1 saturated heterocycles. The number of carbonyl (C=O) groups excluding carboxylic acids is 5. The molecule has 2 aliphatic carbocycles. The van der Waals surface area contributed by atoms with Gasteiger partial charge in [-0.25, -0.2) is 18.0 Å². The largest absolute Gasteiger partial charge is 0.444 e. The first-order valence-electron chi connectivity index (χ1n) is 16.4. The van der Waals surface area contributed by atoms with Crippen molar-refractivity contribution in [1.82, 2.24) is 20.3 Å². The summed E-state index contributed by atoms with van der Waals surface area (Å²) in [4.78, 5) is 68.7. The van der Waals surface area contributed by atoms with Gasteiger partial charge in [-0.05, 0) is 76.5 Å². The topological polar surface area (TPSA) is 189 Å². The molecule has 1 aromatic rings. The number of ether oxygens (including phenoxy) is 2. The second-order valence-corrected chi connectivity index (χ2v) is 17.2. The molecule has 49 heavy (non-hydrogen) atoms. The van der Waals surface area contributed by atoms with Crippen molar-refractivity contribution in [3.63, 3.8) is 0 Å². The lowest BCUT2D eigenvalue weighted by atomic mass is 9.85. The molecule has 0 bridgehead atoms. The lowest BCUT2D eigenvalue weighted by molar-refractivity contribution is -0.143. The van der Waals surface area contributed by atoms with Gasteiger partial charge in [0.05, 0.1) is 11.8 Å². The number of nitrogens with zero attached hydrogens (tertiary/aromatic N) is 1. The smallest absolute Gasteiger partial charge is 0.411 e. The van der Waals surface area contributed by atoms with Gasteiger partial charge in [-0.15, -0.1) is 6.58 Å². The van der Waals surface area contributed by atoms with E-state index in [-0.39, 0.29) is 19.4 Å². The predicted molar refractivity (Wildman–Crippen MR) is 182 cm³/mol. The average molecular weight is 704 g/mol. The van der Waals surface area contributed by atoms with E-state index in [0.717, 1.165) is 11.1 Å². The third-order valence-electron chi connectivity index (χ3n) is 8.99. The van der Waals surface area contributed by atoms with Crippen LogP contribution in [0.25, 0.3) is 0 Å². The van der Waals surface area contributed by atoms with Crippen LogP contribution in [0, 0.1) is 25.2 Å². The van der Waals surface area contributed by atoms with Gasteiger partial charge in [0.1, 0.15) is 29.3 Å². The second-order valence-electron chi connectivity index (χ2n) is 15.3. The van der Waals surface area contributed by atoms with Crippen molar-refractivity contribution in [2.75, 3.05) is 11.9 Å². The van der Waals surface area contributed by atoms with E-state index in [1.165, 1.54) is 11.0 Å². The van der Waals surface area contributed by atoms with Gasteiger partial charge < -0.3 is 25.0 Å². The van der Waals surface area contributed by atoms with Gasteiger partial charge in [0.25, 0.3) is 5.91 Å². The molecule has 0 aromatic heterocycles. The first kappa shape index (κ1) is 37.7. The van der Waals surface area contributed by atoms with Crippen LogP contribution in [0.5, 0.6) is 0 Å². The number of hydrogen-bond donors (Lipinski definition) is 4. The minimum absolute atomic E-state index is 0.109. The minimum Gasteiger partial charge on any atom is -0.444 e. The van der Waals surface area contributed by atoms with Crippen LogP contribution in [-0.2, 0) is 33.9 Å². The molecule has 4 N–H and O–H groups in total. The number of rotatable bonds is 10. The van der Waals surface area contributed by atoms with E-state index in [9.17, 15) is 32.4 Å². The summed E-state index contributed by atoms with van der Waals surface area (Å²) in [7, 11) is -3.91. The molecule has 3 fully saturated rings. The van der Waals surface area contributed by atoms with Gasteiger partial charge in [-0.1, -0.05) is 39.0 Å². The standard InChI is InChI=1S/C34H49N5O9S/c1-10-21-17-34(21,29(42)38-49(45,46)23-14-15-23)37-27(40)25-16-22(47-30(43)35-24-13-11-12-19(2)20(24)3)18-39(25)28(41)26(32(4,5)6)36-31(44)48-33(7,8)9/h10-13,21-23,25-26H,1,14-18H2,2-9H3,(H,35,43)(H,36,44)(H,37,40)(H,38,42). The molecular formula is C34H49N5O9S. The number of likely N-dealkylation sites (tertiary alicyclic amines) is 1. The summed E-state index contributed by atoms with van der Waals surface area (Å²) < 4.78 is 38.4. The summed E-state index contributed by atoms with van der Waals surface area (Å²) in [5.41, 5.74) is -0.948. The average Bonchev–Trinajstić information content (AvgIpc) is 3.89. The zero-order valence-electron chi connectivity index (χ0n) is 29.5. The van der Waals surface area contributed by atoms with Crippen molar-refractivity contribution in [1.29, 1.82) is 0 Å². The SMILES string of the molecule is C=CC1CC1(NC(=O)C1CC(OC(=O)Nc2cccc(C)c2C)CN1C(=O)C(NC(=O)OC(C)(C)C)C(C)(C)C)C(=O)NS(=O)(=O)C1CC1. The van der Waals surface area contributed by atoms with Gasteiger partial charge >= 0.3 is 12.2 Å².